The third-order valence-electron chi connectivity index (χ3n) is 5.43. The molecule has 1 atom stereocenters. The molecule has 34 heavy (non-hydrogen) atoms. The number of hydrogen-bond acceptors (Lipinski definition) is 7. The number of aromatic nitrogens is 2. The van der Waals surface area contributed by atoms with Crippen LogP contribution < -0.4 is 16.0 Å². The molecule has 2 amide bonds. The number of carbonyl (C=O) groups excluding carboxylic acids is 2. The van der Waals surface area contributed by atoms with Crippen LogP contribution in [-0.2, 0) is 4.79 Å². The summed E-state index contributed by atoms with van der Waals surface area (Å²) in [6.07, 6.45) is 4.75. The molecule has 0 saturated carbocycles. The van der Waals surface area contributed by atoms with E-state index in [1.165, 1.54) is 23.6 Å². The Kier molecular flexibility index (Phi) is 7.44. The van der Waals surface area contributed by atoms with Crippen LogP contribution >= 0.6 is 22.9 Å². The fourth-order valence-corrected chi connectivity index (χ4v) is 4.72. The molecule has 0 unspecified atom stereocenters. The van der Waals surface area contributed by atoms with Crippen molar-refractivity contribution in [2.24, 2.45) is 0 Å². The average molecular weight is 497 g/mol. The molecule has 0 bridgehead atoms. The van der Waals surface area contributed by atoms with Gasteiger partial charge in [0.1, 0.15) is 16.5 Å². The number of benzene rings is 1. The number of piperidine rings is 1. The Bertz CT molecular complexity index is 1190. The fraction of sp³-hybridized carbons (Fsp3) is 0.250. The number of hydrogen-bond donors (Lipinski definition) is 3. The zero-order chi connectivity index (χ0) is 24.1. The highest BCUT2D eigenvalue weighted by molar-refractivity contribution is 7.17. The highest BCUT2D eigenvalue weighted by Crippen LogP contribution is 2.28. The van der Waals surface area contributed by atoms with Crippen molar-refractivity contribution in [3.05, 3.63) is 70.7 Å². The minimum absolute atomic E-state index is 0.0526. The molecule has 0 aliphatic carbocycles. The van der Waals surface area contributed by atoms with E-state index < -0.39 is 0 Å². The van der Waals surface area contributed by atoms with Crippen molar-refractivity contribution in [3.8, 4) is 0 Å². The quantitative estimate of drug-likeness (QED) is 0.394. The molecule has 3 heterocycles. The Hall–Kier alpha value is -3.43. The van der Waals surface area contributed by atoms with E-state index in [0.717, 1.165) is 24.9 Å². The lowest BCUT2D eigenvalue weighted by Crippen LogP contribution is -2.44. The van der Waals surface area contributed by atoms with Crippen molar-refractivity contribution in [2.75, 3.05) is 29.0 Å². The Morgan fingerprint density at radius 1 is 1.24 bits per heavy atom. The summed E-state index contributed by atoms with van der Waals surface area (Å²) in [5.74, 6) is 0.971. The Morgan fingerprint density at radius 3 is 2.82 bits per heavy atom. The number of pyridine rings is 1. The Balaban J connectivity index is 1.38. The summed E-state index contributed by atoms with van der Waals surface area (Å²) in [7, 11) is 0. The molecular weight excluding hydrogens is 472 g/mol. The van der Waals surface area contributed by atoms with Crippen molar-refractivity contribution in [3.63, 3.8) is 0 Å². The van der Waals surface area contributed by atoms with Gasteiger partial charge < -0.3 is 20.9 Å². The second-order valence-corrected chi connectivity index (χ2v) is 9.36. The number of carbonyl (C=O) groups is 2. The molecule has 8 nitrogen and oxygen atoms in total. The summed E-state index contributed by atoms with van der Waals surface area (Å²) in [5.41, 5.74) is 1.47. The van der Waals surface area contributed by atoms with Crippen LogP contribution in [0.15, 0.2) is 55.3 Å². The number of para-hydroxylation sites is 1. The van der Waals surface area contributed by atoms with Crippen molar-refractivity contribution in [1.29, 1.82) is 0 Å². The minimum Gasteiger partial charge on any atom is -0.365 e. The SMILES string of the molecule is C=CC(=O)N1CCC[C@H](Nc2cccc(Nc3ncc(C(=O)Nc4c(C)cccc4Cl)s3)n2)C1. The first-order valence-corrected chi connectivity index (χ1v) is 12.1. The molecule has 3 N–H and O–H groups in total. The van der Waals surface area contributed by atoms with E-state index >= 15 is 0 Å². The van der Waals surface area contributed by atoms with Gasteiger partial charge >= 0.3 is 0 Å². The summed E-state index contributed by atoms with van der Waals surface area (Å²) < 4.78 is 0. The molecule has 2 aromatic heterocycles. The Morgan fingerprint density at radius 2 is 2.03 bits per heavy atom. The van der Waals surface area contributed by atoms with Gasteiger partial charge in [-0.25, -0.2) is 9.97 Å². The first kappa shape index (κ1) is 23.7. The fourth-order valence-electron chi connectivity index (χ4n) is 3.73. The van der Waals surface area contributed by atoms with E-state index in [1.54, 1.807) is 11.0 Å². The number of nitrogens with one attached hydrogen (secondary N) is 3. The molecule has 176 valence electrons. The summed E-state index contributed by atoms with van der Waals surface area (Å²) >= 11 is 7.43. The van der Waals surface area contributed by atoms with Crippen LogP contribution in [-0.4, -0.2) is 45.8 Å². The first-order chi connectivity index (χ1) is 16.4. The maximum absolute atomic E-state index is 12.7. The van der Waals surface area contributed by atoms with Gasteiger partial charge in [-0.3, -0.25) is 9.59 Å². The number of halogens is 1. The standard InChI is InChI=1S/C24H25ClN6O2S/c1-3-21(32)31-12-6-8-16(14-31)27-19-10-5-11-20(28-19)29-24-26-13-18(34-24)23(33)30-22-15(2)7-4-9-17(22)25/h3-5,7,9-11,13,16H,1,6,8,12,14H2,2H3,(H,30,33)(H2,26,27,28,29)/t16-/m0/s1. The van der Waals surface area contributed by atoms with Gasteiger partial charge in [-0.15, -0.1) is 0 Å². The van der Waals surface area contributed by atoms with E-state index in [9.17, 15) is 9.59 Å². The number of aryl methyl sites for hydroxylation is 1. The maximum atomic E-state index is 12.7. The predicted molar refractivity (Wildman–Crippen MR) is 137 cm³/mol. The Labute approximate surface area is 207 Å². The van der Waals surface area contributed by atoms with Crippen molar-refractivity contribution < 1.29 is 9.59 Å². The number of thiazole rings is 1. The van der Waals surface area contributed by atoms with E-state index in [0.29, 0.717) is 38.9 Å². The number of anilines is 4. The van der Waals surface area contributed by atoms with Gasteiger partial charge in [0.15, 0.2) is 5.13 Å². The molecule has 1 aliphatic rings. The molecule has 0 radical (unpaired) electrons. The van der Waals surface area contributed by atoms with E-state index in [2.05, 4.69) is 32.5 Å². The average Bonchev–Trinajstić information content (AvgIpc) is 3.30. The van der Waals surface area contributed by atoms with Crippen LogP contribution in [0.5, 0.6) is 0 Å². The topological polar surface area (TPSA) is 99.3 Å². The van der Waals surface area contributed by atoms with Crippen LogP contribution in [0.3, 0.4) is 0 Å². The van der Waals surface area contributed by atoms with Gasteiger partial charge in [-0.2, -0.15) is 0 Å². The molecule has 1 aromatic carbocycles. The van der Waals surface area contributed by atoms with E-state index in [4.69, 9.17) is 11.6 Å². The van der Waals surface area contributed by atoms with Gasteiger partial charge in [0.2, 0.25) is 5.91 Å². The summed E-state index contributed by atoms with van der Waals surface area (Å²) in [6.45, 7) is 6.81. The van der Waals surface area contributed by atoms with Gasteiger partial charge in [-0.05, 0) is 49.6 Å². The summed E-state index contributed by atoms with van der Waals surface area (Å²) in [4.78, 5) is 35.7. The van der Waals surface area contributed by atoms with Crippen molar-refractivity contribution >= 4 is 57.2 Å². The highest BCUT2D eigenvalue weighted by atomic mass is 35.5. The number of amides is 2. The molecule has 0 spiro atoms. The lowest BCUT2D eigenvalue weighted by atomic mass is 10.1. The molecular formula is C24H25ClN6O2S. The third-order valence-corrected chi connectivity index (χ3v) is 6.66. The van der Waals surface area contributed by atoms with Crippen molar-refractivity contribution in [1.82, 2.24) is 14.9 Å². The minimum atomic E-state index is -0.277. The monoisotopic (exact) mass is 496 g/mol. The highest BCUT2D eigenvalue weighted by Gasteiger charge is 2.22. The smallest absolute Gasteiger partial charge is 0.267 e. The maximum Gasteiger partial charge on any atom is 0.267 e. The van der Waals surface area contributed by atoms with Crippen LogP contribution in [0, 0.1) is 6.92 Å². The van der Waals surface area contributed by atoms with Crippen LogP contribution in [0.2, 0.25) is 5.02 Å². The number of nitrogens with zero attached hydrogens (tertiary/aromatic N) is 3. The van der Waals surface area contributed by atoms with Gasteiger partial charge in [0.05, 0.1) is 16.9 Å². The number of likely N-dealkylation sites (tertiary alicyclic amines) is 1. The predicted octanol–water partition coefficient (Wildman–Crippen LogP) is 5.08. The molecule has 1 saturated heterocycles. The normalized spacial score (nSPS) is 15.5. The largest absolute Gasteiger partial charge is 0.365 e. The number of rotatable bonds is 7. The summed E-state index contributed by atoms with van der Waals surface area (Å²) in [5, 5.41) is 10.4. The van der Waals surface area contributed by atoms with Crippen LogP contribution in [0.1, 0.15) is 28.1 Å². The molecule has 1 aliphatic heterocycles. The van der Waals surface area contributed by atoms with E-state index in [-0.39, 0.29) is 17.9 Å². The van der Waals surface area contributed by atoms with Crippen molar-refractivity contribution in [2.45, 2.75) is 25.8 Å². The zero-order valence-corrected chi connectivity index (χ0v) is 20.2. The lowest BCUT2D eigenvalue weighted by Gasteiger charge is -2.32. The summed E-state index contributed by atoms with van der Waals surface area (Å²) in [6, 6.07) is 11.2. The molecule has 3 aromatic rings. The lowest BCUT2D eigenvalue weighted by molar-refractivity contribution is -0.127. The zero-order valence-electron chi connectivity index (χ0n) is 18.7. The second kappa shape index (κ2) is 10.7. The van der Waals surface area contributed by atoms with Gasteiger partial charge in [-0.1, -0.05) is 47.7 Å². The second-order valence-electron chi connectivity index (χ2n) is 7.92. The third kappa shape index (κ3) is 5.73. The van der Waals surface area contributed by atoms with Gasteiger partial charge in [0.25, 0.3) is 5.91 Å². The van der Waals surface area contributed by atoms with E-state index in [1.807, 2.05) is 37.3 Å². The van der Waals surface area contributed by atoms with Crippen LogP contribution in [0.4, 0.5) is 22.5 Å². The molecule has 1 fully saturated rings. The first-order valence-electron chi connectivity index (χ1n) is 10.9. The van der Waals surface area contributed by atoms with Crippen LogP contribution in [0.25, 0.3) is 0 Å². The van der Waals surface area contributed by atoms with Gasteiger partial charge in [0, 0.05) is 19.1 Å². The molecule has 4 rings (SSSR count). The molecule has 10 heteroatoms.